The second kappa shape index (κ2) is 7.81. The number of ether oxygens (including phenoxy) is 1. The highest BCUT2D eigenvalue weighted by molar-refractivity contribution is 5.35. The number of hydrogen-bond donors (Lipinski definition) is 0. The fourth-order valence-electron chi connectivity index (χ4n) is 2.17. The van der Waals surface area contributed by atoms with Crippen LogP contribution in [0.3, 0.4) is 0 Å². The van der Waals surface area contributed by atoms with Gasteiger partial charge >= 0.3 is 6.18 Å². The van der Waals surface area contributed by atoms with Crippen molar-refractivity contribution in [1.29, 1.82) is 0 Å². The number of rotatable bonds is 7. The molecule has 2 aromatic rings. The molecule has 0 fully saturated rings. The zero-order chi connectivity index (χ0) is 17.6. The number of aryl methyl sites for hydroxylation is 1. The van der Waals surface area contributed by atoms with Crippen molar-refractivity contribution in [3.63, 3.8) is 0 Å². The van der Waals surface area contributed by atoms with Crippen LogP contribution in [-0.4, -0.2) is 18.6 Å². The van der Waals surface area contributed by atoms with E-state index in [0.717, 1.165) is 30.5 Å². The minimum atomic E-state index is -4.36. The van der Waals surface area contributed by atoms with E-state index >= 15 is 0 Å². The molecule has 0 saturated carbocycles. The molecule has 0 bridgehead atoms. The van der Waals surface area contributed by atoms with Gasteiger partial charge in [-0.3, -0.25) is 5.01 Å². The Bertz CT molecular complexity index is 672. The Morgan fingerprint density at radius 1 is 1.08 bits per heavy atom. The normalized spacial score (nSPS) is 11.2. The first-order chi connectivity index (χ1) is 11.4. The van der Waals surface area contributed by atoms with Gasteiger partial charge in [-0.25, -0.2) is 0 Å². The molecule has 7 heteroatoms. The summed E-state index contributed by atoms with van der Waals surface area (Å²) < 4.78 is 43.2. The van der Waals surface area contributed by atoms with Crippen molar-refractivity contribution in [2.75, 3.05) is 13.6 Å². The molecule has 0 heterocycles. The summed E-state index contributed by atoms with van der Waals surface area (Å²) in [7, 11) is 1.61. The van der Waals surface area contributed by atoms with Gasteiger partial charge in [-0.1, -0.05) is 12.1 Å². The first kappa shape index (κ1) is 17.8. The molecule has 0 aromatic heterocycles. The number of halogens is 3. The summed E-state index contributed by atoms with van der Waals surface area (Å²) in [6.07, 6.45) is -2.86. The Labute approximate surface area is 137 Å². The minimum absolute atomic E-state index is 0.338. The molecule has 0 unspecified atom stereocenters. The second-order valence-electron chi connectivity index (χ2n) is 5.34. The predicted octanol–water partition coefficient (Wildman–Crippen LogP) is 5.04. The number of hydrogen-bond acceptors (Lipinski definition) is 3. The Hall–Kier alpha value is -2.57. The van der Waals surface area contributed by atoms with Crippen molar-refractivity contribution in [2.24, 2.45) is 5.29 Å². The van der Waals surface area contributed by atoms with Gasteiger partial charge in [0, 0.05) is 13.6 Å². The maximum atomic E-state index is 12.5. The zero-order valence-electron chi connectivity index (χ0n) is 13.1. The third-order valence-corrected chi connectivity index (χ3v) is 3.40. The lowest BCUT2D eigenvalue weighted by Crippen LogP contribution is -2.11. The fraction of sp³-hybridized carbons (Fsp3) is 0.294. The average molecular weight is 338 g/mol. The largest absolute Gasteiger partial charge is 0.457 e. The molecule has 0 amide bonds. The van der Waals surface area contributed by atoms with E-state index in [1.807, 2.05) is 18.2 Å². The molecule has 0 atom stereocenters. The summed E-state index contributed by atoms with van der Waals surface area (Å²) in [5.74, 6) is 0.888. The first-order valence-corrected chi connectivity index (χ1v) is 7.37. The Morgan fingerprint density at radius 3 is 2.42 bits per heavy atom. The van der Waals surface area contributed by atoms with Crippen molar-refractivity contribution in [3.05, 3.63) is 64.6 Å². The molecule has 0 saturated heterocycles. The molecule has 0 aliphatic rings. The minimum Gasteiger partial charge on any atom is -0.457 e. The van der Waals surface area contributed by atoms with E-state index in [-0.39, 0.29) is 0 Å². The average Bonchev–Trinajstić information content (AvgIpc) is 2.55. The molecule has 0 radical (unpaired) electrons. The van der Waals surface area contributed by atoms with Gasteiger partial charge in [0.1, 0.15) is 11.5 Å². The van der Waals surface area contributed by atoms with E-state index in [1.54, 1.807) is 13.1 Å². The Kier molecular flexibility index (Phi) is 5.78. The van der Waals surface area contributed by atoms with Gasteiger partial charge in [0.15, 0.2) is 0 Å². The summed E-state index contributed by atoms with van der Waals surface area (Å²) in [4.78, 5) is 10.3. The number of alkyl halides is 3. The molecule has 24 heavy (non-hydrogen) atoms. The number of benzene rings is 2. The van der Waals surface area contributed by atoms with E-state index in [9.17, 15) is 18.1 Å². The molecule has 2 rings (SSSR count). The summed E-state index contributed by atoms with van der Waals surface area (Å²) in [5, 5.41) is 4.12. The Morgan fingerprint density at radius 2 is 1.79 bits per heavy atom. The van der Waals surface area contributed by atoms with Crippen molar-refractivity contribution in [1.82, 2.24) is 5.01 Å². The monoisotopic (exact) mass is 338 g/mol. The quantitative estimate of drug-likeness (QED) is 0.524. The van der Waals surface area contributed by atoms with Crippen LogP contribution in [0.15, 0.2) is 53.8 Å². The van der Waals surface area contributed by atoms with Crippen molar-refractivity contribution >= 4 is 0 Å². The molecular weight excluding hydrogens is 321 g/mol. The Balaban J connectivity index is 1.97. The van der Waals surface area contributed by atoms with Crippen molar-refractivity contribution in [2.45, 2.75) is 19.0 Å². The molecule has 4 nitrogen and oxygen atoms in total. The number of nitroso groups, excluding NO2 is 1. The van der Waals surface area contributed by atoms with Crippen LogP contribution in [0.4, 0.5) is 13.2 Å². The van der Waals surface area contributed by atoms with Gasteiger partial charge in [0.25, 0.3) is 0 Å². The highest BCUT2D eigenvalue weighted by Crippen LogP contribution is 2.31. The topological polar surface area (TPSA) is 41.9 Å². The predicted molar refractivity (Wildman–Crippen MR) is 84.7 cm³/mol. The van der Waals surface area contributed by atoms with E-state index in [4.69, 9.17) is 4.74 Å². The summed E-state index contributed by atoms with van der Waals surface area (Å²) >= 11 is 0. The molecule has 0 spiro atoms. The lowest BCUT2D eigenvalue weighted by atomic mass is 10.1. The van der Waals surface area contributed by atoms with E-state index in [0.29, 0.717) is 18.0 Å². The lowest BCUT2D eigenvalue weighted by molar-refractivity contribution is -0.137. The van der Waals surface area contributed by atoms with Gasteiger partial charge in [-0.2, -0.15) is 13.2 Å². The van der Waals surface area contributed by atoms with Crippen LogP contribution in [0.5, 0.6) is 11.5 Å². The second-order valence-corrected chi connectivity index (χ2v) is 5.34. The molecular formula is C17H17F3N2O2. The van der Waals surface area contributed by atoms with E-state index in [1.165, 1.54) is 17.1 Å². The maximum Gasteiger partial charge on any atom is 0.416 e. The van der Waals surface area contributed by atoms with Crippen molar-refractivity contribution < 1.29 is 17.9 Å². The maximum absolute atomic E-state index is 12.5. The molecule has 0 aliphatic heterocycles. The third-order valence-electron chi connectivity index (χ3n) is 3.40. The van der Waals surface area contributed by atoms with Crippen LogP contribution in [-0.2, 0) is 12.6 Å². The van der Waals surface area contributed by atoms with Crippen LogP contribution < -0.4 is 4.74 Å². The molecule has 2 aromatic carbocycles. The zero-order valence-corrected chi connectivity index (χ0v) is 13.1. The SMILES string of the molecule is CN(CCCc1cccc(Oc2ccc(C(F)(F)F)cc2)c1)N=O. The molecule has 0 aliphatic carbocycles. The van der Waals surface area contributed by atoms with Gasteiger partial charge in [-0.15, -0.1) is 4.91 Å². The van der Waals surface area contributed by atoms with Gasteiger partial charge in [0.2, 0.25) is 0 Å². The smallest absolute Gasteiger partial charge is 0.416 e. The van der Waals surface area contributed by atoms with Crippen molar-refractivity contribution in [3.8, 4) is 11.5 Å². The van der Waals surface area contributed by atoms with Gasteiger partial charge in [-0.05, 0) is 54.8 Å². The summed E-state index contributed by atoms with van der Waals surface area (Å²) in [6.45, 7) is 0.549. The fourth-order valence-corrected chi connectivity index (χ4v) is 2.17. The van der Waals surface area contributed by atoms with E-state index in [2.05, 4.69) is 5.29 Å². The van der Waals surface area contributed by atoms with Crippen LogP contribution in [0.2, 0.25) is 0 Å². The highest BCUT2D eigenvalue weighted by Gasteiger charge is 2.30. The molecule has 128 valence electrons. The van der Waals surface area contributed by atoms with Crippen LogP contribution in [0.25, 0.3) is 0 Å². The molecule has 0 N–H and O–H groups in total. The van der Waals surface area contributed by atoms with E-state index < -0.39 is 11.7 Å². The van der Waals surface area contributed by atoms with Crippen LogP contribution in [0.1, 0.15) is 17.5 Å². The lowest BCUT2D eigenvalue weighted by Gasteiger charge is -2.11. The van der Waals surface area contributed by atoms with Gasteiger partial charge in [0.05, 0.1) is 10.8 Å². The third kappa shape index (κ3) is 5.26. The highest BCUT2D eigenvalue weighted by atomic mass is 19.4. The number of nitrogens with zero attached hydrogens (tertiary/aromatic N) is 2. The summed E-state index contributed by atoms with van der Waals surface area (Å²) in [5.41, 5.74) is 0.301. The van der Waals surface area contributed by atoms with Crippen LogP contribution in [0, 0.1) is 4.91 Å². The van der Waals surface area contributed by atoms with Crippen LogP contribution >= 0.6 is 0 Å². The van der Waals surface area contributed by atoms with Gasteiger partial charge < -0.3 is 4.74 Å². The summed E-state index contributed by atoms with van der Waals surface area (Å²) in [6, 6.07) is 11.9. The first-order valence-electron chi connectivity index (χ1n) is 7.37. The standard InChI is InChI=1S/C17H17F3N2O2/c1-22(21-23)11-3-5-13-4-2-6-16(12-13)24-15-9-7-14(8-10-15)17(18,19)20/h2,4,6-10,12H,3,5,11H2,1H3.